The van der Waals surface area contributed by atoms with Crippen molar-refractivity contribution in [2.45, 2.75) is 6.04 Å². The minimum atomic E-state index is -1.41. The smallest absolute Gasteiger partial charge is 0.300 e. The molecule has 1 amide bonds. The molecule has 0 aliphatic carbocycles. The second kappa shape index (κ2) is 8.34. The van der Waals surface area contributed by atoms with Gasteiger partial charge in [0.2, 0.25) is 0 Å². The van der Waals surface area contributed by atoms with Gasteiger partial charge >= 0.3 is 0 Å². The average molecular weight is 455 g/mol. The first-order valence-electron chi connectivity index (χ1n) is 9.61. The molecule has 0 bridgehead atoms. The number of ketones is 1. The number of Topliss-reactive ketones (excluding diaryl/α,β-unsaturated/α-hetero) is 1. The molecule has 1 aliphatic heterocycles. The zero-order valence-electron chi connectivity index (χ0n) is 17.1. The van der Waals surface area contributed by atoms with Gasteiger partial charge in [-0.05, 0) is 48.0 Å². The van der Waals surface area contributed by atoms with Gasteiger partial charge in [-0.3, -0.25) is 14.5 Å². The first kappa shape index (κ1) is 21.9. The highest BCUT2D eigenvalue weighted by Crippen LogP contribution is 2.44. The Labute approximate surface area is 185 Å². The molecule has 1 heterocycles. The molecular formula is C24H16F3NO5. The number of anilines is 1. The van der Waals surface area contributed by atoms with E-state index >= 15 is 0 Å². The lowest BCUT2D eigenvalue weighted by Crippen LogP contribution is -2.30. The fourth-order valence-corrected chi connectivity index (χ4v) is 3.78. The summed E-state index contributed by atoms with van der Waals surface area (Å²) in [5, 5.41) is 21.0. The number of aliphatic hydroxyl groups is 1. The largest absolute Gasteiger partial charge is 0.508 e. The van der Waals surface area contributed by atoms with Crippen LogP contribution in [0.4, 0.5) is 18.9 Å². The second-order valence-electron chi connectivity index (χ2n) is 7.20. The Kier molecular flexibility index (Phi) is 5.55. The molecule has 2 N–H and O–H groups in total. The molecule has 1 fully saturated rings. The predicted octanol–water partition coefficient (Wildman–Crippen LogP) is 4.44. The first-order chi connectivity index (χ1) is 15.7. The Balaban J connectivity index is 2.02. The molecule has 1 atom stereocenters. The van der Waals surface area contributed by atoms with Gasteiger partial charge in [-0.1, -0.05) is 12.1 Å². The summed E-state index contributed by atoms with van der Waals surface area (Å²) < 4.78 is 47.2. The summed E-state index contributed by atoms with van der Waals surface area (Å²) in [5.74, 6) is -6.12. The lowest BCUT2D eigenvalue weighted by atomic mass is 9.94. The standard InChI is InChI=1S/C24H16F3NO5/c1-33-19-8-6-13(25)10-16(19)22(30)20-21(12-3-2-4-15(29)9-12)28(24(32)23(20)31)18-7-5-14(26)11-17(18)27/h2-11,21,29-30H,1H3/b22-20+. The molecule has 1 aliphatic rings. The summed E-state index contributed by atoms with van der Waals surface area (Å²) in [4.78, 5) is 26.8. The molecule has 0 radical (unpaired) electrons. The number of ether oxygens (including phenoxy) is 1. The topological polar surface area (TPSA) is 87.1 Å². The molecule has 6 nitrogen and oxygen atoms in total. The average Bonchev–Trinajstić information content (AvgIpc) is 3.04. The summed E-state index contributed by atoms with van der Waals surface area (Å²) >= 11 is 0. The minimum Gasteiger partial charge on any atom is -0.508 e. The van der Waals surface area contributed by atoms with Crippen molar-refractivity contribution in [3.05, 3.63) is 94.8 Å². The molecule has 9 heteroatoms. The molecule has 0 aromatic heterocycles. The number of benzene rings is 3. The number of hydrogen-bond donors (Lipinski definition) is 2. The van der Waals surface area contributed by atoms with E-state index in [0.29, 0.717) is 6.07 Å². The van der Waals surface area contributed by atoms with Crippen LogP contribution in [0.3, 0.4) is 0 Å². The maximum atomic E-state index is 14.7. The van der Waals surface area contributed by atoms with Crippen molar-refractivity contribution in [2.75, 3.05) is 12.0 Å². The fourth-order valence-electron chi connectivity index (χ4n) is 3.78. The quantitative estimate of drug-likeness (QED) is 0.345. The van der Waals surface area contributed by atoms with Gasteiger partial charge in [-0.25, -0.2) is 13.2 Å². The van der Waals surface area contributed by atoms with E-state index in [1.54, 1.807) is 0 Å². The van der Waals surface area contributed by atoms with Crippen molar-refractivity contribution >= 4 is 23.1 Å². The number of carbonyl (C=O) groups is 2. The highest BCUT2D eigenvalue weighted by atomic mass is 19.1. The Hall–Kier alpha value is -4.27. The fraction of sp³-hybridized carbons (Fsp3) is 0.0833. The lowest BCUT2D eigenvalue weighted by molar-refractivity contribution is -0.132. The van der Waals surface area contributed by atoms with E-state index in [2.05, 4.69) is 0 Å². The zero-order chi connectivity index (χ0) is 23.9. The van der Waals surface area contributed by atoms with Crippen molar-refractivity contribution in [3.8, 4) is 11.5 Å². The Morgan fingerprint density at radius 1 is 0.970 bits per heavy atom. The molecule has 0 saturated carbocycles. The van der Waals surface area contributed by atoms with Gasteiger partial charge < -0.3 is 14.9 Å². The van der Waals surface area contributed by atoms with E-state index < -0.39 is 52.2 Å². The van der Waals surface area contributed by atoms with Gasteiger partial charge in [0.05, 0.1) is 30.0 Å². The number of halogens is 3. The molecule has 0 spiro atoms. The summed E-state index contributed by atoms with van der Waals surface area (Å²) in [5.41, 5.74) is -0.967. The number of nitrogens with zero attached hydrogens (tertiary/aromatic N) is 1. The molecule has 3 aromatic carbocycles. The van der Waals surface area contributed by atoms with Crippen molar-refractivity contribution in [2.24, 2.45) is 0 Å². The van der Waals surface area contributed by atoms with Crippen LogP contribution in [0.2, 0.25) is 0 Å². The van der Waals surface area contributed by atoms with Crippen LogP contribution >= 0.6 is 0 Å². The van der Waals surface area contributed by atoms with Gasteiger partial charge in [-0.2, -0.15) is 0 Å². The normalized spacial score (nSPS) is 17.5. The number of rotatable bonds is 4. The highest BCUT2D eigenvalue weighted by Gasteiger charge is 2.48. The van der Waals surface area contributed by atoms with Crippen LogP contribution in [0, 0.1) is 17.5 Å². The third kappa shape index (κ3) is 3.78. The summed E-state index contributed by atoms with van der Waals surface area (Å²) in [6.07, 6.45) is 0. The molecule has 168 valence electrons. The van der Waals surface area contributed by atoms with Gasteiger partial charge in [0, 0.05) is 6.07 Å². The lowest BCUT2D eigenvalue weighted by Gasteiger charge is -2.26. The van der Waals surface area contributed by atoms with Gasteiger partial charge in [0.1, 0.15) is 34.7 Å². The van der Waals surface area contributed by atoms with Crippen molar-refractivity contribution in [1.82, 2.24) is 0 Å². The number of aliphatic hydroxyl groups excluding tert-OH is 1. The monoisotopic (exact) mass is 455 g/mol. The van der Waals surface area contributed by atoms with E-state index in [1.807, 2.05) is 0 Å². The van der Waals surface area contributed by atoms with Crippen LogP contribution in [0.1, 0.15) is 17.2 Å². The van der Waals surface area contributed by atoms with Gasteiger partial charge in [0.25, 0.3) is 11.7 Å². The Bertz CT molecular complexity index is 1320. The maximum absolute atomic E-state index is 14.7. The SMILES string of the molecule is COc1ccc(F)cc1/C(O)=C1\C(=O)C(=O)N(c2ccc(F)cc2F)C1c1cccc(O)c1. The van der Waals surface area contributed by atoms with Crippen molar-refractivity contribution < 1.29 is 37.7 Å². The van der Waals surface area contributed by atoms with Crippen LogP contribution in [-0.2, 0) is 9.59 Å². The number of hydrogen-bond acceptors (Lipinski definition) is 5. The Morgan fingerprint density at radius 3 is 2.33 bits per heavy atom. The highest BCUT2D eigenvalue weighted by molar-refractivity contribution is 6.51. The predicted molar refractivity (Wildman–Crippen MR) is 112 cm³/mol. The summed E-state index contributed by atoms with van der Waals surface area (Å²) in [7, 11) is 1.27. The first-order valence-corrected chi connectivity index (χ1v) is 9.61. The molecule has 33 heavy (non-hydrogen) atoms. The number of carbonyl (C=O) groups excluding carboxylic acids is 2. The van der Waals surface area contributed by atoms with E-state index in [0.717, 1.165) is 29.2 Å². The number of amides is 1. The third-order valence-corrected chi connectivity index (χ3v) is 5.22. The molecular weight excluding hydrogens is 439 g/mol. The zero-order valence-corrected chi connectivity index (χ0v) is 17.1. The van der Waals surface area contributed by atoms with Crippen molar-refractivity contribution in [1.29, 1.82) is 0 Å². The number of aromatic hydroxyl groups is 1. The second-order valence-corrected chi connectivity index (χ2v) is 7.20. The maximum Gasteiger partial charge on any atom is 0.300 e. The van der Waals surface area contributed by atoms with E-state index in [-0.39, 0.29) is 22.6 Å². The van der Waals surface area contributed by atoms with Crippen LogP contribution in [-0.4, -0.2) is 29.0 Å². The number of methoxy groups -OCH3 is 1. The molecule has 4 rings (SSSR count). The molecule has 1 unspecified atom stereocenters. The number of phenols is 1. The van der Waals surface area contributed by atoms with E-state index in [4.69, 9.17) is 4.74 Å². The van der Waals surface area contributed by atoms with Crippen LogP contribution < -0.4 is 9.64 Å². The summed E-state index contributed by atoms with van der Waals surface area (Å²) in [6.45, 7) is 0. The van der Waals surface area contributed by atoms with Crippen LogP contribution in [0.25, 0.3) is 5.76 Å². The third-order valence-electron chi connectivity index (χ3n) is 5.22. The van der Waals surface area contributed by atoms with Crippen molar-refractivity contribution in [3.63, 3.8) is 0 Å². The van der Waals surface area contributed by atoms with Crippen LogP contribution in [0.15, 0.2) is 66.2 Å². The minimum absolute atomic E-state index is 0.0164. The van der Waals surface area contributed by atoms with E-state index in [1.165, 1.54) is 37.4 Å². The molecule has 3 aromatic rings. The molecule has 1 saturated heterocycles. The number of phenolic OH excluding ortho intramolecular Hbond substituents is 1. The van der Waals surface area contributed by atoms with E-state index in [9.17, 15) is 33.0 Å². The van der Waals surface area contributed by atoms with Gasteiger partial charge in [-0.15, -0.1) is 0 Å². The van der Waals surface area contributed by atoms with Gasteiger partial charge in [0.15, 0.2) is 0 Å². The summed E-state index contributed by atoms with van der Waals surface area (Å²) in [6, 6.07) is 9.67. The Morgan fingerprint density at radius 2 is 1.67 bits per heavy atom. The van der Waals surface area contributed by atoms with Crippen LogP contribution in [0.5, 0.6) is 11.5 Å².